The maximum Gasteiger partial charge on any atom is 0.243 e. The smallest absolute Gasteiger partial charge is 0.243 e. The van der Waals surface area contributed by atoms with E-state index in [0.29, 0.717) is 0 Å². The number of rotatable bonds is 8. The van der Waals surface area contributed by atoms with Crippen molar-refractivity contribution in [3.05, 3.63) is 60.2 Å². The molecule has 0 aliphatic rings. The number of amides is 2. The van der Waals surface area contributed by atoms with E-state index in [9.17, 15) is 9.59 Å². The van der Waals surface area contributed by atoms with Gasteiger partial charge in [-0.3, -0.25) is 9.59 Å². The third-order valence-electron chi connectivity index (χ3n) is 3.46. The largest absolute Gasteiger partial charge is 0.493 e. The Hall–Kier alpha value is -2.82. The lowest BCUT2D eigenvalue weighted by molar-refractivity contribution is -0.124. The van der Waals surface area contributed by atoms with Crippen molar-refractivity contribution in [1.82, 2.24) is 5.32 Å². The SMILES string of the molecule is CCc1ccccc1NC(=O)CNC(=O)CCOc1ccccc1. The molecule has 2 amide bonds. The number of anilines is 1. The van der Waals surface area contributed by atoms with Gasteiger partial charge in [0, 0.05) is 5.69 Å². The van der Waals surface area contributed by atoms with Gasteiger partial charge in [0.2, 0.25) is 11.8 Å². The van der Waals surface area contributed by atoms with E-state index in [-0.39, 0.29) is 31.4 Å². The average molecular weight is 326 g/mol. The van der Waals surface area contributed by atoms with Crippen LogP contribution in [0.5, 0.6) is 5.75 Å². The van der Waals surface area contributed by atoms with Crippen LogP contribution in [-0.2, 0) is 16.0 Å². The number of hydrogen-bond donors (Lipinski definition) is 2. The van der Waals surface area contributed by atoms with Crippen LogP contribution in [0.25, 0.3) is 0 Å². The highest BCUT2D eigenvalue weighted by atomic mass is 16.5. The maximum atomic E-state index is 11.9. The van der Waals surface area contributed by atoms with Crippen molar-refractivity contribution in [2.24, 2.45) is 0 Å². The fourth-order valence-corrected chi connectivity index (χ4v) is 2.19. The summed E-state index contributed by atoms with van der Waals surface area (Å²) in [4.78, 5) is 23.7. The van der Waals surface area contributed by atoms with Crippen LogP contribution < -0.4 is 15.4 Å². The second kappa shape index (κ2) is 9.35. The first-order valence-electron chi connectivity index (χ1n) is 8.01. The van der Waals surface area contributed by atoms with E-state index in [1.165, 1.54) is 0 Å². The van der Waals surface area contributed by atoms with Gasteiger partial charge in [-0.1, -0.05) is 43.3 Å². The number of carbonyl (C=O) groups is 2. The molecule has 0 spiro atoms. The summed E-state index contributed by atoms with van der Waals surface area (Å²) in [5.41, 5.74) is 1.85. The Morgan fingerprint density at radius 2 is 1.67 bits per heavy atom. The van der Waals surface area contributed by atoms with Gasteiger partial charge in [0.05, 0.1) is 19.6 Å². The summed E-state index contributed by atoms with van der Waals surface area (Å²) in [7, 11) is 0. The van der Waals surface area contributed by atoms with Crippen molar-refractivity contribution >= 4 is 17.5 Å². The summed E-state index contributed by atoms with van der Waals surface area (Å²) in [6.45, 7) is 2.25. The van der Waals surface area contributed by atoms with Gasteiger partial charge in [-0.2, -0.15) is 0 Å². The molecule has 0 aromatic heterocycles. The number of aryl methyl sites for hydroxylation is 1. The molecule has 2 rings (SSSR count). The monoisotopic (exact) mass is 326 g/mol. The number of nitrogens with one attached hydrogen (secondary N) is 2. The van der Waals surface area contributed by atoms with Gasteiger partial charge < -0.3 is 15.4 Å². The molecule has 2 aromatic carbocycles. The minimum absolute atomic E-state index is 0.0534. The first kappa shape index (κ1) is 17.5. The predicted molar refractivity (Wildman–Crippen MR) is 94.0 cm³/mol. The van der Waals surface area contributed by atoms with Crippen molar-refractivity contribution in [3.8, 4) is 5.75 Å². The highest BCUT2D eigenvalue weighted by Crippen LogP contribution is 2.15. The second-order valence-electron chi connectivity index (χ2n) is 5.25. The van der Waals surface area contributed by atoms with Crippen LogP contribution in [0.15, 0.2) is 54.6 Å². The van der Waals surface area contributed by atoms with Crippen molar-refractivity contribution in [1.29, 1.82) is 0 Å². The van der Waals surface area contributed by atoms with Crippen molar-refractivity contribution in [2.45, 2.75) is 19.8 Å². The molecular formula is C19H22N2O3. The van der Waals surface area contributed by atoms with Gasteiger partial charge in [-0.25, -0.2) is 0 Å². The highest BCUT2D eigenvalue weighted by Gasteiger charge is 2.08. The number of hydrogen-bond acceptors (Lipinski definition) is 3. The lowest BCUT2D eigenvalue weighted by atomic mass is 10.1. The summed E-state index contributed by atoms with van der Waals surface area (Å²) in [6, 6.07) is 16.9. The van der Waals surface area contributed by atoms with Crippen LogP contribution in [0.3, 0.4) is 0 Å². The summed E-state index contributed by atoms with van der Waals surface area (Å²) < 4.78 is 5.45. The molecular weight excluding hydrogens is 304 g/mol. The van der Waals surface area contributed by atoms with Crippen LogP contribution in [-0.4, -0.2) is 25.0 Å². The van der Waals surface area contributed by atoms with Gasteiger partial charge in [-0.15, -0.1) is 0 Å². The second-order valence-corrected chi connectivity index (χ2v) is 5.25. The van der Waals surface area contributed by atoms with Crippen molar-refractivity contribution in [2.75, 3.05) is 18.5 Å². The standard InChI is InChI=1S/C19H22N2O3/c1-2-15-8-6-7-11-17(15)21-19(23)14-20-18(22)12-13-24-16-9-4-3-5-10-16/h3-11H,2,12-14H2,1H3,(H,20,22)(H,21,23). The van der Waals surface area contributed by atoms with Gasteiger partial charge in [0.25, 0.3) is 0 Å². The summed E-state index contributed by atoms with van der Waals surface area (Å²) in [5.74, 6) is 0.261. The van der Waals surface area contributed by atoms with Crippen LogP contribution in [0.1, 0.15) is 18.9 Å². The number of benzene rings is 2. The zero-order valence-electron chi connectivity index (χ0n) is 13.7. The molecule has 0 fully saturated rings. The Morgan fingerprint density at radius 3 is 2.42 bits per heavy atom. The highest BCUT2D eigenvalue weighted by molar-refractivity contribution is 5.95. The molecule has 0 unspecified atom stereocenters. The van der Waals surface area contributed by atoms with E-state index in [0.717, 1.165) is 23.4 Å². The third-order valence-corrected chi connectivity index (χ3v) is 3.46. The molecule has 24 heavy (non-hydrogen) atoms. The van der Waals surface area contributed by atoms with E-state index in [1.54, 1.807) is 0 Å². The third kappa shape index (κ3) is 5.76. The normalized spacial score (nSPS) is 10.0. The minimum atomic E-state index is -0.242. The molecule has 0 aliphatic carbocycles. The first-order chi connectivity index (χ1) is 11.7. The number of carbonyl (C=O) groups excluding carboxylic acids is 2. The van der Waals surface area contributed by atoms with Crippen LogP contribution in [0, 0.1) is 0 Å². The van der Waals surface area contributed by atoms with Gasteiger partial charge in [0.15, 0.2) is 0 Å². The zero-order valence-corrected chi connectivity index (χ0v) is 13.7. The Bertz CT molecular complexity index is 671. The molecule has 0 saturated heterocycles. The Morgan fingerprint density at radius 1 is 0.958 bits per heavy atom. The topological polar surface area (TPSA) is 67.4 Å². The number of ether oxygens (including phenoxy) is 1. The first-order valence-corrected chi connectivity index (χ1v) is 8.01. The van der Waals surface area contributed by atoms with E-state index >= 15 is 0 Å². The molecule has 0 atom stereocenters. The van der Waals surface area contributed by atoms with Crippen LogP contribution in [0.2, 0.25) is 0 Å². The van der Waals surface area contributed by atoms with Gasteiger partial charge >= 0.3 is 0 Å². The van der Waals surface area contributed by atoms with E-state index in [2.05, 4.69) is 10.6 Å². The maximum absolute atomic E-state index is 11.9. The van der Waals surface area contributed by atoms with Crippen molar-refractivity contribution in [3.63, 3.8) is 0 Å². The molecule has 5 nitrogen and oxygen atoms in total. The van der Waals surface area contributed by atoms with Crippen molar-refractivity contribution < 1.29 is 14.3 Å². The Balaban J connectivity index is 1.68. The summed E-state index contributed by atoms with van der Waals surface area (Å²) in [5, 5.41) is 5.41. The predicted octanol–water partition coefficient (Wildman–Crippen LogP) is 2.77. The summed E-state index contributed by atoms with van der Waals surface area (Å²) >= 11 is 0. The van der Waals surface area contributed by atoms with Gasteiger partial charge in [-0.05, 0) is 30.2 Å². The molecule has 0 radical (unpaired) electrons. The van der Waals surface area contributed by atoms with Crippen LogP contribution in [0.4, 0.5) is 5.69 Å². The molecule has 126 valence electrons. The Labute approximate surface area is 142 Å². The Kier molecular flexibility index (Phi) is 6.83. The molecule has 0 bridgehead atoms. The summed E-state index contributed by atoms with van der Waals surface area (Å²) in [6.07, 6.45) is 1.04. The molecule has 0 heterocycles. The lowest BCUT2D eigenvalue weighted by Crippen LogP contribution is -2.33. The molecule has 2 N–H and O–H groups in total. The fraction of sp³-hybridized carbons (Fsp3) is 0.263. The van der Waals surface area contributed by atoms with E-state index in [1.807, 2.05) is 61.5 Å². The van der Waals surface area contributed by atoms with E-state index < -0.39 is 0 Å². The minimum Gasteiger partial charge on any atom is -0.493 e. The van der Waals surface area contributed by atoms with Gasteiger partial charge in [0.1, 0.15) is 5.75 Å². The zero-order chi connectivity index (χ0) is 17.2. The quantitative estimate of drug-likeness (QED) is 0.784. The molecule has 5 heteroatoms. The van der Waals surface area contributed by atoms with E-state index in [4.69, 9.17) is 4.74 Å². The lowest BCUT2D eigenvalue weighted by Gasteiger charge is -2.10. The molecule has 0 saturated carbocycles. The number of para-hydroxylation sites is 2. The fourth-order valence-electron chi connectivity index (χ4n) is 2.19. The molecule has 0 aliphatic heterocycles. The van der Waals surface area contributed by atoms with Crippen LogP contribution >= 0.6 is 0 Å². The average Bonchev–Trinajstić information content (AvgIpc) is 2.61. The molecule has 2 aromatic rings.